The van der Waals surface area contributed by atoms with E-state index in [1.807, 2.05) is 6.92 Å². The number of likely N-dealkylation sites (N-methyl/N-ethyl adjacent to an activating group) is 1. The molecule has 4 rings (SSSR count). The Labute approximate surface area is 257 Å². The van der Waals surface area contributed by atoms with Crippen molar-refractivity contribution in [2.24, 2.45) is 5.92 Å². The maximum Gasteiger partial charge on any atom is 0.416 e. The molecule has 10 nitrogen and oxygen atoms in total. The van der Waals surface area contributed by atoms with E-state index in [1.165, 1.54) is 52.3 Å². The van der Waals surface area contributed by atoms with Gasteiger partial charge in [-0.1, -0.05) is 6.92 Å². The lowest BCUT2D eigenvalue weighted by Gasteiger charge is -2.38. The van der Waals surface area contributed by atoms with E-state index >= 15 is 0 Å². The summed E-state index contributed by atoms with van der Waals surface area (Å²) in [6.45, 7) is 3.52. The lowest BCUT2D eigenvalue weighted by Crippen LogP contribution is -2.50. The molecule has 45 heavy (non-hydrogen) atoms. The molecule has 1 aliphatic rings. The van der Waals surface area contributed by atoms with E-state index < -0.39 is 47.7 Å². The van der Waals surface area contributed by atoms with Crippen LogP contribution in [0.2, 0.25) is 0 Å². The molecular weight excluding hydrogens is 598 g/mol. The third kappa shape index (κ3) is 8.41. The van der Waals surface area contributed by atoms with Crippen molar-refractivity contribution in [1.29, 1.82) is 0 Å². The number of hydrogen-bond acceptors (Lipinski definition) is 5. The molecule has 1 heterocycles. The smallest absolute Gasteiger partial charge is 0.416 e. The summed E-state index contributed by atoms with van der Waals surface area (Å²) in [4.78, 5) is 42.0. The van der Waals surface area contributed by atoms with Gasteiger partial charge in [-0.2, -0.15) is 13.2 Å². The number of carbonyl (C=O) groups is 3. The second-order valence-electron chi connectivity index (χ2n) is 10.8. The normalized spacial score (nSPS) is 17.2. The van der Waals surface area contributed by atoms with Crippen LogP contribution < -0.4 is 20.7 Å². The van der Waals surface area contributed by atoms with Gasteiger partial charge >= 0.3 is 18.2 Å². The van der Waals surface area contributed by atoms with Gasteiger partial charge in [0.1, 0.15) is 17.7 Å². The number of nitrogens with zero attached hydrogens (tertiary/aromatic N) is 2. The minimum absolute atomic E-state index is 0.0953. The molecule has 0 radical (unpaired) electrons. The zero-order chi connectivity index (χ0) is 32.9. The van der Waals surface area contributed by atoms with Crippen molar-refractivity contribution in [3.63, 3.8) is 0 Å². The highest BCUT2D eigenvalue weighted by Gasteiger charge is 2.34. The number of benzene rings is 3. The van der Waals surface area contributed by atoms with E-state index in [0.717, 1.165) is 24.3 Å². The number of alkyl halides is 3. The van der Waals surface area contributed by atoms with Gasteiger partial charge in [-0.05, 0) is 73.7 Å². The number of halogens is 4. The first kappa shape index (κ1) is 33.1. The Kier molecular flexibility index (Phi) is 10.2. The van der Waals surface area contributed by atoms with E-state index in [9.17, 15) is 37.1 Å². The predicted octanol–water partition coefficient (Wildman–Crippen LogP) is 5.87. The van der Waals surface area contributed by atoms with Crippen LogP contribution >= 0.6 is 0 Å². The minimum Gasteiger partial charge on any atom is -0.487 e. The summed E-state index contributed by atoms with van der Waals surface area (Å²) in [5, 5.41) is 17.6. The van der Waals surface area contributed by atoms with Gasteiger partial charge in [0.15, 0.2) is 0 Å². The largest absolute Gasteiger partial charge is 0.487 e. The summed E-state index contributed by atoms with van der Waals surface area (Å²) in [5.74, 6) is -0.991. The van der Waals surface area contributed by atoms with Crippen molar-refractivity contribution < 1.29 is 41.8 Å². The standard InChI is InChI=1S/C31H33F4N5O5/c1-18-15-40(19(2)17-41)28(42)25-14-24(37-29(43)36-22-8-4-20(5-9-22)31(33,34)35)12-13-26(25)45-27(18)16-39(3)30(44)38-23-10-6-21(32)7-11-23/h4-14,18-19,27,41H,15-17H2,1-3H3,(H,38,44)(H2,36,37,43)/t18-,19-,27+/m1/s1. The maximum atomic E-state index is 13.7. The first-order valence-electron chi connectivity index (χ1n) is 14.0. The summed E-state index contributed by atoms with van der Waals surface area (Å²) < 4.78 is 58.0. The molecule has 4 N–H and O–H groups in total. The molecule has 3 atom stereocenters. The average Bonchev–Trinajstić information content (AvgIpc) is 2.99. The van der Waals surface area contributed by atoms with Crippen molar-refractivity contribution in [3.05, 3.63) is 83.7 Å². The van der Waals surface area contributed by atoms with Crippen LogP contribution in [-0.4, -0.2) is 71.8 Å². The quantitative estimate of drug-likeness (QED) is 0.243. The number of hydrogen-bond donors (Lipinski definition) is 4. The van der Waals surface area contributed by atoms with Crippen molar-refractivity contribution in [1.82, 2.24) is 9.80 Å². The van der Waals surface area contributed by atoms with Gasteiger partial charge in [0.2, 0.25) is 0 Å². The first-order chi connectivity index (χ1) is 21.2. The third-order valence-corrected chi connectivity index (χ3v) is 7.29. The molecule has 3 aromatic carbocycles. The molecule has 0 saturated carbocycles. The number of aliphatic hydroxyl groups excluding tert-OH is 1. The molecule has 1 aliphatic heterocycles. The number of urea groups is 2. The zero-order valence-electron chi connectivity index (χ0n) is 24.7. The molecule has 0 spiro atoms. The molecular formula is C31H33F4N5O5. The third-order valence-electron chi connectivity index (χ3n) is 7.29. The van der Waals surface area contributed by atoms with Gasteiger partial charge < -0.3 is 35.6 Å². The van der Waals surface area contributed by atoms with Gasteiger partial charge in [-0.25, -0.2) is 14.0 Å². The van der Waals surface area contributed by atoms with Gasteiger partial charge in [-0.3, -0.25) is 4.79 Å². The molecule has 14 heteroatoms. The summed E-state index contributed by atoms with van der Waals surface area (Å²) in [6.07, 6.45) is -5.11. The van der Waals surface area contributed by atoms with Crippen molar-refractivity contribution in [2.45, 2.75) is 32.2 Å². The lowest BCUT2D eigenvalue weighted by atomic mass is 9.99. The van der Waals surface area contributed by atoms with Crippen LogP contribution in [0.25, 0.3) is 0 Å². The zero-order valence-corrected chi connectivity index (χ0v) is 24.7. The molecule has 0 aliphatic carbocycles. The second kappa shape index (κ2) is 13.8. The number of fused-ring (bicyclic) bond motifs is 1. The van der Waals surface area contributed by atoms with Crippen LogP contribution in [0.3, 0.4) is 0 Å². The number of anilines is 3. The highest BCUT2D eigenvalue weighted by atomic mass is 19.4. The van der Waals surface area contributed by atoms with E-state index in [1.54, 1.807) is 14.0 Å². The molecule has 0 aromatic heterocycles. The van der Waals surface area contributed by atoms with Gasteiger partial charge in [0.25, 0.3) is 5.91 Å². The molecule has 5 amide bonds. The SMILES string of the molecule is C[C@@H]1CN([C@H](C)CO)C(=O)c2cc(NC(=O)Nc3ccc(C(F)(F)F)cc3)ccc2O[C@H]1CN(C)C(=O)Nc1ccc(F)cc1. The molecule has 0 unspecified atom stereocenters. The minimum atomic E-state index is -4.51. The van der Waals surface area contributed by atoms with Crippen LogP contribution in [0, 0.1) is 11.7 Å². The molecule has 240 valence electrons. The highest BCUT2D eigenvalue weighted by molar-refractivity contribution is 6.02. The van der Waals surface area contributed by atoms with Crippen LogP contribution in [0.4, 0.5) is 44.2 Å². The van der Waals surface area contributed by atoms with Crippen molar-refractivity contribution >= 4 is 35.0 Å². The van der Waals surface area contributed by atoms with Gasteiger partial charge in [-0.15, -0.1) is 0 Å². The second-order valence-corrected chi connectivity index (χ2v) is 10.8. The molecule has 0 saturated heterocycles. The van der Waals surface area contributed by atoms with Crippen LogP contribution in [0.1, 0.15) is 29.8 Å². The fraction of sp³-hybridized carbons (Fsp3) is 0.323. The van der Waals surface area contributed by atoms with E-state index in [0.29, 0.717) is 5.69 Å². The number of aliphatic hydroxyl groups is 1. The summed E-state index contributed by atoms with van der Waals surface area (Å²) >= 11 is 0. The van der Waals surface area contributed by atoms with Gasteiger partial charge in [0, 0.05) is 36.6 Å². The summed E-state index contributed by atoms with van der Waals surface area (Å²) in [7, 11) is 1.57. The van der Waals surface area contributed by atoms with Crippen LogP contribution in [-0.2, 0) is 6.18 Å². The summed E-state index contributed by atoms with van der Waals surface area (Å²) in [6, 6.07) is 11.8. The average molecular weight is 632 g/mol. The number of ether oxygens (including phenoxy) is 1. The number of rotatable bonds is 7. The monoisotopic (exact) mass is 631 g/mol. The Morgan fingerprint density at radius 2 is 1.58 bits per heavy atom. The predicted molar refractivity (Wildman–Crippen MR) is 160 cm³/mol. The first-order valence-corrected chi connectivity index (χ1v) is 14.0. The van der Waals surface area contributed by atoms with Crippen LogP contribution in [0.5, 0.6) is 5.75 Å². The van der Waals surface area contributed by atoms with E-state index in [-0.39, 0.29) is 48.3 Å². The Bertz CT molecular complexity index is 1520. The number of amides is 5. The molecule has 0 fully saturated rings. The maximum absolute atomic E-state index is 13.7. The van der Waals surface area contributed by atoms with E-state index in [4.69, 9.17) is 4.74 Å². The number of carbonyl (C=O) groups excluding carboxylic acids is 3. The fourth-order valence-electron chi connectivity index (χ4n) is 4.66. The lowest BCUT2D eigenvalue weighted by molar-refractivity contribution is -0.137. The topological polar surface area (TPSA) is 123 Å². The number of nitrogens with one attached hydrogen (secondary N) is 3. The Morgan fingerprint density at radius 3 is 2.20 bits per heavy atom. The molecule has 3 aromatic rings. The molecule has 0 bridgehead atoms. The van der Waals surface area contributed by atoms with Crippen LogP contribution in [0.15, 0.2) is 66.7 Å². The highest BCUT2D eigenvalue weighted by Crippen LogP contribution is 2.32. The fourth-order valence-corrected chi connectivity index (χ4v) is 4.66. The van der Waals surface area contributed by atoms with Gasteiger partial charge in [0.05, 0.1) is 30.3 Å². The Morgan fingerprint density at radius 1 is 1.00 bits per heavy atom. The Balaban J connectivity index is 1.52. The van der Waals surface area contributed by atoms with Crippen molar-refractivity contribution in [2.75, 3.05) is 42.7 Å². The Hall–Kier alpha value is -4.85. The summed E-state index contributed by atoms with van der Waals surface area (Å²) in [5.41, 5.74) is -0.0343. The van der Waals surface area contributed by atoms with Crippen molar-refractivity contribution in [3.8, 4) is 5.75 Å². The van der Waals surface area contributed by atoms with E-state index in [2.05, 4.69) is 16.0 Å².